The lowest BCUT2D eigenvalue weighted by Crippen LogP contribution is -2.26. The largest absolute Gasteiger partial charge is 0.374 e. The zero-order chi connectivity index (χ0) is 15.2. The number of benzene rings is 1. The van der Waals surface area contributed by atoms with Gasteiger partial charge < -0.3 is 10.5 Å². The van der Waals surface area contributed by atoms with Gasteiger partial charge in [0.2, 0.25) is 0 Å². The summed E-state index contributed by atoms with van der Waals surface area (Å²) in [6.45, 7) is 5.27. The van der Waals surface area contributed by atoms with Crippen molar-refractivity contribution in [2.24, 2.45) is 17.6 Å². The maximum atomic E-state index is 13.6. The van der Waals surface area contributed by atoms with Gasteiger partial charge in [-0.1, -0.05) is 25.7 Å². The SMILES string of the molecule is CC1CC(C)CC(OCc2cc(F)cc(C#CCN)c2)C1. The summed E-state index contributed by atoms with van der Waals surface area (Å²) < 4.78 is 19.6. The fourth-order valence-electron chi connectivity index (χ4n) is 3.18. The zero-order valence-corrected chi connectivity index (χ0v) is 12.9. The molecule has 2 atom stereocenters. The minimum Gasteiger partial charge on any atom is -0.374 e. The molecule has 0 spiro atoms. The molecule has 1 aromatic rings. The molecule has 2 rings (SSSR count). The maximum absolute atomic E-state index is 13.6. The number of ether oxygens (including phenoxy) is 1. The van der Waals surface area contributed by atoms with Crippen molar-refractivity contribution in [2.75, 3.05) is 6.54 Å². The van der Waals surface area contributed by atoms with Crippen molar-refractivity contribution < 1.29 is 9.13 Å². The van der Waals surface area contributed by atoms with Crippen LogP contribution in [0.1, 0.15) is 44.2 Å². The molecule has 0 heterocycles. The normalized spacial score (nSPS) is 25.2. The van der Waals surface area contributed by atoms with Gasteiger partial charge in [0.05, 0.1) is 19.3 Å². The standard InChI is InChI=1S/C18H24FNO/c1-13-6-14(2)8-18(7-13)21-12-16-9-15(4-3-5-20)10-17(19)11-16/h9-11,13-14,18H,5-8,12,20H2,1-2H3. The van der Waals surface area contributed by atoms with Gasteiger partial charge in [-0.15, -0.1) is 0 Å². The molecule has 3 heteroatoms. The first-order valence-electron chi connectivity index (χ1n) is 7.66. The highest BCUT2D eigenvalue weighted by molar-refractivity contribution is 5.37. The second-order valence-corrected chi connectivity index (χ2v) is 6.20. The molecule has 2 nitrogen and oxygen atoms in total. The van der Waals surface area contributed by atoms with Crippen LogP contribution in [0.4, 0.5) is 4.39 Å². The Balaban J connectivity index is 1.98. The highest BCUT2D eigenvalue weighted by atomic mass is 19.1. The van der Waals surface area contributed by atoms with E-state index in [4.69, 9.17) is 10.5 Å². The summed E-state index contributed by atoms with van der Waals surface area (Å²) in [5.41, 5.74) is 6.83. The van der Waals surface area contributed by atoms with Crippen LogP contribution in [0.25, 0.3) is 0 Å². The summed E-state index contributed by atoms with van der Waals surface area (Å²) in [6, 6.07) is 4.82. The third kappa shape index (κ3) is 5.15. The van der Waals surface area contributed by atoms with E-state index in [1.807, 2.05) is 6.07 Å². The highest BCUT2D eigenvalue weighted by Gasteiger charge is 2.24. The van der Waals surface area contributed by atoms with Crippen molar-refractivity contribution in [2.45, 2.75) is 45.8 Å². The first kappa shape index (κ1) is 16.0. The molecular weight excluding hydrogens is 265 g/mol. The number of hydrogen-bond acceptors (Lipinski definition) is 2. The van der Waals surface area contributed by atoms with Gasteiger partial charge in [-0.3, -0.25) is 0 Å². The first-order chi connectivity index (χ1) is 10.1. The Kier molecular flexibility index (Phi) is 5.78. The summed E-state index contributed by atoms with van der Waals surface area (Å²) >= 11 is 0. The van der Waals surface area contributed by atoms with E-state index in [1.165, 1.54) is 18.6 Å². The second kappa shape index (κ2) is 7.59. The fraction of sp³-hybridized carbons (Fsp3) is 0.556. The van der Waals surface area contributed by atoms with E-state index in [-0.39, 0.29) is 18.5 Å². The summed E-state index contributed by atoms with van der Waals surface area (Å²) in [6.07, 6.45) is 3.75. The summed E-state index contributed by atoms with van der Waals surface area (Å²) in [4.78, 5) is 0. The van der Waals surface area contributed by atoms with Gasteiger partial charge in [-0.25, -0.2) is 4.39 Å². The Labute approximate surface area is 126 Å². The molecule has 1 aromatic carbocycles. The van der Waals surface area contributed by atoms with Gasteiger partial charge in [0.25, 0.3) is 0 Å². The van der Waals surface area contributed by atoms with Crippen LogP contribution in [0.5, 0.6) is 0 Å². The number of hydrogen-bond donors (Lipinski definition) is 1. The molecule has 1 fully saturated rings. The van der Waals surface area contributed by atoms with E-state index >= 15 is 0 Å². The van der Waals surface area contributed by atoms with Crippen molar-refractivity contribution in [3.63, 3.8) is 0 Å². The van der Waals surface area contributed by atoms with Gasteiger partial charge in [-0.2, -0.15) is 0 Å². The molecule has 2 N–H and O–H groups in total. The van der Waals surface area contributed by atoms with Crippen molar-refractivity contribution in [1.29, 1.82) is 0 Å². The average Bonchev–Trinajstić information content (AvgIpc) is 2.41. The number of halogens is 1. The molecule has 114 valence electrons. The molecule has 0 aliphatic heterocycles. The lowest BCUT2D eigenvalue weighted by atomic mass is 9.82. The quantitative estimate of drug-likeness (QED) is 0.865. The molecule has 0 saturated heterocycles. The second-order valence-electron chi connectivity index (χ2n) is 6.20. The van der Waals surface area contributed by atoms with Crippen LogP contribution in [0.2, 0.25) is 0 Å². The third-order valence-electron chi connectivity index (χ3n) is 3.91. The average molecular weight is 289 g/mol. The Morgan fingerprint density at radius 2 is 1.90 bits per heavy atom. The summed E-state index contributed by atoms with van der Waals surface area (Å²) in [5.74, 6) is 6.75. The first-order valence-corrected chi connectivity index (χ1v) is 7.66. The third-order valence-corrected chi connectivity index (χ3v) is 3.91. The Morgan fingerprint density at radius 3 is 2.57 bits per heavy atom. The van der Waals surface area contributed by atoms with Crippen LogP contribution in [0, 0.1) is 29.5 Å². The van der Waals surface area contributed by atoms with Crippen LogP contribution >= 0.6 is 0 Å². The fourth-order valence-corrected chi connectivity index (χ4v) is 3.18. The maximum Gasteiger partial charge on any atom is 0.124 e. The Morgan fingerprint density at radius 1 is 1.19 bits per heavy atom. The topological polar surface area (TPSA) is 35.2 Å². The van der Waals surface area contributed by atoms with Crippen molar-refractivity contribution in [3.8, 4) is 11.8 Å². The Bertz CT molecular complexity index is 522. The van der Waals surface area contributed by atoms with Crippen molar-refractivity contribution in [3.05, 3.63) is 35.1 Å². The zero-order valence-electron chi connectivity index (χ0n) is 12.9. The van der Waals surface area contributed by atoms with Crippen LogP contribution in [-0.2, 0) is 11.3 Å². The van der Waals surface area contributed by atoms with E-state index in [0.717, 1.165) is 18.4 Å². The molecular formula is C18H24FNO. The number of rotatable bonds is 3. The van der Waals surface area contributed by atoms with E-state index in [2.05, 4.69) is 25.7 Å². The van der Waals surface area contributed by atoms with E-state index < -0.39 is 0 Å². The minimum atomic E-state index is -0.275. The van der Waals surface area contributed by atoms with Crippen LogP contribution in [0.3, 0.4) is 0 Å². The van der Waals surface area contributed by atoms with Crippen molar-refractivity contribution in [1.82, 2.24) is 0 Å². The van der Waals surface area contributed by atoms with E-state index in [9.17, 15) is 4.39 Å². The number of nitrogens with two attached hydrogens (primary N) is 1. The molecule has 0 bridgehead atoms. The van der Waals surface area contributed by atoms with Crippen molar-refractivity contribution >= 4 is 0 Å². The van der Waals surface area contributed by atoms with E-state index in [1.54, 1.807) is 0 Å². The predicted molar refractivity (Wildman–Crippen MR) is 83.1 cm³/mol. The van der Waals surface area contributed by atoms with Crippen LogP contribution in [-0.4, -0.2) is 12.6 Å². The van der Waals surface area contributed by atoms with Gasteiger partial charge in [0.15, 0.2) is 0 Å². The van der Waals surface area contributed by atoms with Crippen LogP contribution < -0.4 is 5.73 Å². The summed E-state index contributed by atoms with van der Waals surface area (Å²) in [7, 11) is 0. The molecule has 21 heavy (non-hydrogen) atoms. The van der Waals surface area contributed by atoms with Crippen LogP contribution in [0.15, 0.2) is 18.2 Å². The molecule has 0 amide bonds. The van der Waals surface area contributed by atoms with Gasteiger partial charge >= 0.3 is 0 Å². The lowest BCUT2D eigenvalue weighted by Gasteiger charge is -2.31. The van der Waals surface area contributed by atoms with Gasteiger partial charge in [-0.05, 0) is 54.9 Å². The molecule has 1 aliphatic rings. The molecule has 2 unspecified atom stereocenters. The monoisotopic (exact) mass is 289 g/mol. The molecule has 0 radical (unpaired) electrons. The Hall–Kier alpha value is -1.37. The minimum absolute atomic E-state index is 0.275. The smallest absolute Gasteiger partial charge is 0.124 e. The van der Waals surface area contributed by atoms with Gasteiger partial charge in [0, 0.05) is 5.56 Å². The predicted octanol–water partition coefficient (Wildman–Crippen LogP) is 3.48. The molecule has 1 aliphatic carbocycles. The van der Waals surface area contributed by atoms with Gasteiger partial charge in [0.1, 0.15) is 5.82 Å². The lowest BCUT2D eigenvalue weighted by molar-refractivity contribution is -0.00924. The van der Waals surface area contributed by atoms with E-state index in [0.29, 0.717) is 24.0 Å². The highest BCUT2D eigenvalue weighted by Crippen LogP contribution is 2.30. The molecule has 1 saturated carbocycles. The molecule has 0 aromatic heterocycles. The summed E-state index contributed by atoms with van der Waals surface area (Å²) in [5, 5.41) is 0.